The van der Waals surface area contributed by atoms with Crippen LogP contribution in [0.15, 0.2) is 90.7 Å². The Hall–Kier alpha value is -4.73. The predicted molar refractivity (Wildman–Crippen MR) is 152 cm³/mol. The summed E-state index contributed by atoms with van der Waals surface area (Å²) in [6.45, 7) is 1.40. The summed E-state index contributed by atoms with van der Waals surface area (Å²) in [7, 11) is 0. The van der Waals surface area contributed by atoms with Gasteiger partial charge in [0.05, 0.1) is 0 Å². The molecule has 7 aromatic rings. The molecular weight excluding hydrogens is 509 g/mol. The van der Waals surface area contributed by atoms with Crippen molar-refractivity contribution in [2.45, 2.75) is 13.1 Å². The summed E-state index contributed by atoms with van der Waals surface area (Å²) in [6.07, 6.45) is 5.33. The second kappa shape index (κ2) is 9.86. The Bertz CT molecular complexity index is 1910. The van der Waals surface area contributed by atoms with Gasteiger partial charge in [0, 0.05) is 53.1 Å². The molecule has 7 nitrogen and oxygen atoms in total. The number of H-pyrrole nitrogens is 2. The Morgan fingerprint density at radius 2 is 1.79 bits per heavy atom. The zero-order valence-electron chi connectivity index (χ0n) is 20.6. The van der Waals surface area contributed by atoms with Crippen molar-refractivity contribution in [3.05, 3.63) is 108 Å². The van der Waals surface area contributed by atoms with Gasteiger partial charge in [0.1, 0.15) is 22.5 Å². The van der Waals surface area contributed by atoms with Crippen LogP contribution in [0.2, 0.25) is 0 Å². The summed E-state index contributed by atoms with van der Waals surface area (Å²) >= 11 is 1.64. The van der Waals surface area contributed by atoms with Crippen molar-refractivity contribution in [2.75, 3.05) is 0 Å². The number of nitrogens with one attached hydrogen (secondary N) is 3. The minimum Gasteiger partial charge on any atom is -0.321 e. The van der Waals surface area contributed by atoms with Gasteiger partial charge in [-0.05, 0) is 52.4 Å². The molecule has 190 valence electrons. The number of fused-ring (bicyclic) bond motifs is 2. The quantitative estimate of drug-likeness (QED) is 0.212. The highest BCUT2D eigenvalue weighted by Gasteiger charge is 2.19. The molecule has 5 heterocycles. The van der Waals surface area contributed by atoms with Gasteiger partial charge in [-0.25, -0.2) is 14.4 Å². The average molecular weight is 532 g/mol. The van der Waals surface area contributed by atoms with Crippen molar-refractivity contribution in [3.8, 4) is 33.1 Å². The van der Waals surface area contributed by atoms with Gasteiger partial charge in [0.15, 0.2) is 11.5 Å². The zero-order valence-corrected chi connectivity index (χ0v) is 21.5. The molecule has 7 rings (SSSR count). The number of hydrogen-bond acceptors (Lipinski definition) is 6. The highest BCUT2D eigenvalue weighted by atomic mass is 32.1. The molecule has 0 saturated carbocycles. The van der Waals surface area contributed by atoms with Gasteiger partial charge < -0.3 is 10.3 Å². The van der Waals surface area contributed by atoms with Gasteiger partial charge in [-0.2, -0.15) is 5.10 Å². The Balaban J connectivity index is 1.23. The van der Waals surface area contributed by atoms with Crippen molar-refractivity contribution < 1.29 is 4.39 Å². The molecule has 0 aliphatic carbocycles. The second-order valence-electron chi connectivity index (χ2n) is 9.24. The van der Waals surface area contributed by atoms with E-state index in [-0.39, 0.29) is 5.82 Å². The molecule has 5 aromatic heterocycles. The van der Waals surface area contributed by atoms with Crippen molar-refractivity contribution in [2.24, 2.45) is 0 Å². The van der Waals surface area contributed by atoms with Crippen LogP contribution in [0, 0.1) is 5.82 Å². The van der Waals surface area contributed by atoms with Crippen molar-refractivity contribution in [1.29, 1.82) is 0 Å². The Morgan fingerprint density at radius 1 is 0.897 bits per heavy atom. The lowest BCUT2D eigenvalue weighted by molar-refractivity contribution is 0.636. The summed E-state index contributed by atoms with van der Waals surface area (Å²) in [5.74, 6) is 0.142. The molecule has 0 bridgehead atoms. The first-order valence-corrected chi connectivity index (χ1v) is 13.4. The number of nitrogens with zero attached hydrogens (tertiary/aromatic N) is 4. The molecule has 0 saturated heterocycles. The number of aromatic amines is 2. The molecule has 0 amide bonds. The Morgan fingerprint density at radius 3 is 2.67 bits per heavy atom. The molecule has 39 heavy (non-hydrogen) atoms. The van der Waals surface area contributed by atoms with Crippen molar-refractivity contribution in [3.63, 3.8) is 0 Å². The topological polar surface area (TPSA) is 95.2 Å². The van der Waals surface area contributed by atoms with E-state index >= 15 is 4.39 Å². The van der Waals surface area contributed by atoms with E-state index in [1.165, 1.54) is 11.6 Å². The lowest BCUT2D eigenvalue weighted by Crippen LogP contribution is -2.12. The molecule has 0 aliphatic rings. The minimum absolute atomic E-state index is 0.328. The summed E-state index contributed by atoms with van der Waals surface area (Å²) in [5.41, 5.74) is 7.04. The maximum Gasteiger partial charge on any atom is 0.160 e. The fraction of sp³-hybridized carbons (Fsp3) is 0.0667. The summed E-state index contributed by atoms with van der Waals surface area (Å²) in [4.78, 5) is 18.1. The fourth-order valence-corrected chi connectivity index (χ4v) is 5.52. The van der Waals surface area contributed by atoms with Crippen LogP contribution < -0.4 is 5.32 Å². The second-order valence-corrected chi connectivity index (χ2v) is 10.2. The SMILES string of the molecule is Fc1cc(-c2cncc(CNCc3ccccc3)c2)cc2c(-c3nc4c(-c5cccs5)ccnc4[nH]3)n[nH]c12. The van der Waals surface area contributed by atoms with E-state index in [0.717, 1.165) is 33.6 Å². The van der Waals surface area contributed by atoms with Crippen LogP contribution in [0.4, 0.5) is 4.39 Å². The van der Waals surface area contributed by atoms with Crippen molar-refractivity contribution >= 4 is 33.4 Å². The van der Waals surface area contributed by atoms with E-state index < -0.39 is 0 Å². The first-order valence-electron chi connectivity index (χ1n) is 12.5. The normalized spacial score (nSPS) is 11.5. The van der Waals surface area contributed by atoms with Crippen LogP contribution in [-0.4, -0.2) is 30.1 Å². The van der Waals surface area contributed by atoms with Crippen LogP contribution in [0.25, 0.3) is 55.2 Å². The van der Waals surface area contributed by atoms with Gasteiger partial charge in [0.2, 0.25) is 0 Å². The van der Waals surface area contributed by atoms with E-state index in [9.17, 15) is 0 Å². The number of aromatic nitrogens is 6. The highest BCUT2D eigenvalue weighted by Crippen LogP contribution is 2.34. The van der Waals surface area contributed by atoms with Gasteiger partial charge in [-0.3, -0.25) is 10.1 Å². The third-order valence-corrected chi connectivity index (χ3v) is 7.55. The number of imidazole rings is 1. The largest absolute Gasteiger partial charge is 0.321 e. The Labute approximate surface area is 226 Å². The molecule has 3 N–H and O–H groups in total. The maximum atomic E-state index is 15.3. The molecule has 0 unspecified atom stereocenters. The summed E-state index contributed by atoms with van der Waals surface area (Å²) < 4.78 is 15.3. The Kier molecular flexibility index (Phi) is 5.92. The molecule has 0 aliphatic heterocycles. The van der Waals surface area contributed by atoms with E-state index in [4.69, 9.17) is 4.98 Å². The molecule has 0 radical (unpaired) electrons. The van der Waals surface area contributed by atoms with Crippen LogP contribution in [0.3, 0.4) is 0 Å². The van der Waals surface area contributed by atoms with E-state index in [1.807, 2.05) is 54.0 Å². The van der Waals surface area contributed by atoms with Gasteiger partial charge in [-0.1, -0.05) is 36.4 Å². The monoisotopic (exact) mass is 531 g/mol. The predicted octanol–water partition coefficient (Wildman–Crippen LogP) is 6.72. The molecule has 2 aromatic carbocycles. The third kappa shape index (κ3) is 4.47. The fourth-order valence-electron chi connectivity index (χ4n) is 4.77. The number of benzene rings is 2. The molecule has 0 fully saturated rings. The third-order valence-electron chi connectivity index (χ3n) is 6.65. The standard InChI is InChI=1S/C30H22FN7S/c31-24-13-20(21-11-19(16-33-17-21)15-32-14-18-5-2-1-3-6-18)12-23-26(24)37-38-28(23)30-35-27-22(25-7-4-10-39-25)8-9-34-29(27)36-30/h1-13,16-17,32H,14-15H2,(H,37,38)(H,34,35,36). The molecular formula is C30H22FN7S. The average Bonchev–Trinajstić information content (AvgIpc) is 3.73. The smallest absolute Gasteiger partial charge is 0.160 e. The lowest BCUT2D eigenvalue weighted by Gasteiger charge is -2.08. The van der Waals surface area contributed by atoms with E-state index in [1.54, 1.807) is 23.7 Å². The van der Waals surface area contributed by atoms with Crippen LogP contribution in [-0.2, 0) is 13.1 Å². The number of rotatable bonds is 7. The minimum atomic E-state index is -0.387. The summed E-state index contributed by atoms with van der Waals surface area (Å²) in [6, 6.07) is 21.7. The maximum absolute atomic E-state index is 15.3. The number of pyridine rings is 2. The highest BCUT2D eigenvalue weighted by molar-refractivity contribution is 7.13. The van der Waals surface area contributed by atoms with Crippen LogP contribution in [0.1, 0.15) is 11.1 Å². The lowest BCUT2D eigenvalue weighted by atomic mass is 10.0. The number of thiophene rings is 1. The van der Waals surface area contributed by atoms with Gasteiger partial charge >= 0.3 is 0 Å². The molecule has 0 atom stereocenters. The zero-order chi connectivity index (χ0) is 26.2. The molecule has 9 heteroatoms. The van der Waals surface area contributed by atoms with Gasteiger partial charge in [-0.15, -0.1) is 11.3 Å². The van der Waals surface area contributed by atoms with Crippen LogP contribution >= 0.6 is 11.3 Å². The van der Waals surface area contributed by atoms with Gasteiger partial charge in [0.25, 0.3) is 0 Å². The number of halogens is 1. The first-order chi connectivity index (χ1) is 19.2. The van der Waals surface area contributed by atoms with E-state index in [0.29, 0.717) is 40.2 Å². The first kappa shape index (κ1) is 23.4. The van der Waals surface area contributed by atoms with Crippen LogP contribution in [0.5, 0.6) is 0 Å². The number of hydrogen-bond donors (Lipinski definition) is 3. The molecule has 0 spiro atoms. The van der Waals surface area contributed by atoms with Crippen molar-refractivity contribution in [1.82, 2.24) is 35.5 Å². The summed E-state index contributed by atoms with van der Waals surface area (Å²) in [5, 5.41) is 13.4. The van der Waals surface area contributed by atoms with E-state index in [2.05, 4.69) is 48.7 Å².